The fraction of sp³-hybridized carbons (Fsp3) is 0. The van der Waals surface area contributed by atoms with Gasteiger partial charge >= 0.3 is 68.5 Å². The number of hydrogen-bond donors (Lipinski definition) is 0. The minimum atomic E-state index is 0. The zero-order valence-corrected chi connectivity index (χ0v) is 10.4. The van der Waals surface area contributed by atoms with Crippen molar-refractivity contribution >= 4 is 0 Å². The molecule has 4 heteroatoms. The molecule has 0 fully saturated rings. The number of rotatable bonds is 0. The molecule has 4 heavy (non-hydrogen) atoms. The Morgan fingerprint density at radius 3 is 0.750 bits per heavy atom. The molecule has 0 unspecified atom stereocenters. The third kappa shape index (κ3) is 9.15. The van der Waals surface area contributed by atoms with Crippen molar-refractivity contribution in [1.82, 2.24) is 0 Å². The maximum Gasteiger partial charge on any atom is 1.00 e. The van der Waals surface area contributed by atoms with E-state index in [9.17, 15) is 0 Å². The van der Waals surface area contributed by atoms with Gasteiger partial charge in [-0.1, -0.05) is 0 Å². The van der Waals surface area contributed by atoms with Crippen molar-refractivity contribution in [2.75, 3.05) is 0 Å². The van der Waals surface area contributed by atoms with E-state index in [2.05, 4.69) is 0 Å². The zero-order chi connectivity index (χ0) is 0. The fourth-order valence-electron chi connectivity index (χ4n) is 0. The summed E-state index contributed by atoms with van der Waals surface area (Å²) in [5.41, 5.74) is 0. The molecule has 0 amide bonds. The monoisotopic (exact) mass is 356 g/mol. The van der Waals surface area contributed by atoms with Gasteiger partial charge in [0, 0.05) is 0 Å². The summed E-state index contributed by atoms with van der Waals surface area (Å²) in [6, 6.07) is 0. The summed E-state index contributed by atoms with van der Waals surface area (Å²) >= 11 is 0. The van der Waals surface area contributed by atoms with Crippen LogP contribution in [0.15, 0.2) is 0 Å². The van der Waals surface area contributed by atoms with Gasteiger partial charge in [0.15, 0.2) is 0 Å². The SMILES string of the molecule is [Cu+].[I-].[I-].[K+]. The molecule has 0 atom stereocenters. The summed E-state index contributed by atoms with van der Waals surface area (Å²) in [4.78, 5) is 0. The second-order valence-electron chi connectivity index (χ2n) is 0. The summed E-state index contributed by atoms with van der Waals surface area (Å²) in [7, 11) is 0. The molecule has 0 aromatic carbocycles. The van der Waals surface area contributed by atoms with Gasteiger partial charge in [-0.3, -0.25) is 0 Å². The van der Waals surface area contributed by atoms with Crippen molar-refractivity contribution in [3.63, 3.8) is 0 Å². The van der Waals surface area contributed by atoms with Crippen LogP contribution in [0.4, 0.5) is 0 Å². The summed E-state index contributed by atoms with van der Waals surface area (Å²) < 4.78 is 0. The first kappa shape index (κ1) is 25.5. The van der Waals surface area contributed by atoms with Crippen LogP contribution >= 0.6 is 0 Å². The van der Waals surface area contributed by atoms with E-state index in [1.54, 1.807) is 0 Å². The van der Waals surface area contributed by atoms with E-state index in [-0.39, 0.29) is 116 Å². The van der Waals surface area contributed by atoms with Gasteiger partial charge in [0.05, 0.1) is 0 Å². The average Bonchev–Trinajstić information content (AvgIpc) is 0. The molecule has 0 spiro atoms. The van der Waals surface area contributed by atoms with E-state index < -0.39 is 0 Å². The van der Waals surface area contributed by atoms with Gasteiger partial charge in [0.1, 0.15) is 0 Å². The molecular weight excluding hydrogens is 356 g/mol. The van der Waals surface area contributed by atoms with Crippen molar-refractivity contribution in [1.29, 1.82) is 0 Å². The Morgan fingerprint density at radius 2 is 0.750 bits per heavy atom. The van der Waals surface area contributed by atoms with E-state index in [0.717, 1.165) is 0 Å². The molecule has 0 radical (unpaired) electrons. The summed E-state index contributed by atoms with van der Waals surface area (Å²) in [6.45, 7) is 0. The molecular formula is CuI2K. The minimum absolute atomic E-state index is 0. The third-order valence-electron chi connectivity index (χ3n) is 0. The van der Waals surface area contributed by atoms with Crippen LogP contribution in [0.1, 0.15) is 0 Å². The summed E-state index contributed by atoms with van der Waals surface area (Å²) in [6.07, 6.45) is 0. The standard InChI is InChI=1S/Cu.2HI.K/h;2*1H;/q+1;;;+1/p-2. The second-order valence-corrected chi connectivity index (χ2v) is 0. The Kier molecular flexibility index (Phi) is 102. The molecule has 0 rings (SSSR count). The predicted molar refractivity (Wildman–Crippen MR) is 0 cm³/mol. The number of hydrogen-bond acceptors (Lipinski definition) is 0. The normalized spacial score (nSPS) is 0. The maximum absolute atomic E-state index is 0. The molecule has 0 nitrogen and oxygen atoms in total. The fourth-order valence-corrected chi connectivity index (χ4v) is 0. The molecule has 0 aliphatic carbocycles. The van der Waals surface area contributed by atoms with Gasteiger partial charge in [0.25, 0.3) is 0 Å². The second kappa shape index (κ2) is 16.0. The van der Waals surface area contributed by atoms with E-state index in [1.807, 2.05) is 0 Å². The van der Waals surface area contributed by atoms with Gasteiger partial charge in [-0.2, -0.15) is 0 Å². The summed E-state index contributed by atoms with van der Waals surface area (Å²) in [5.74, 6) is 0. The third-order valence-corrected chi connectivity index (χ3v) is 0. The molecule has 0 N–H and O–H groups in total. The molecule has 0 heterocycles. The molecule has 0 saturated carbocycles. The van der Waals surface area contributed by atoms with Gasteiger partial charge in [-0.25, -0.2) is 0 Å². The molecule has 0 saturated heterocycles. The zero-order valence-electron chi connectivity index (χ0n) is 2.06. The van der Waals surface area contributed by atoms with E-state index in [1.165, 1.54) is 0 Å². The number of halogens is 2. The van der Waals surface area contributed by atoms with Crippen molar-refractivity contribution in [2.45, 2.75) is 0 Å². The van der Waals surface area contributed by atoms with Gasteiger partial charge < -0.3 is 48.0 Å². The van der Waals surface area contributed by atoms with Crippen LogP contribution in [0, 0.1) is 0 Å². The van der Waals surface area contributed by atoms with Crippen LogP contribution in [0.5, 0.6) is 0 Å². The molecule has 0 bridgehead atoms. The molecule has 0 aromatic rings. The Hall–Kier alpha value is 3.62. The van der Waals surface area contributed by atoms with E-state index in [4.69, 9.17) is 0 Å². The largest absolute Gasteiger partial charge is 1.00 e. The van der Waals surface area contributed by atoms with E-state index in [0.29, 0.717) is 0 Å². The first-order chi connectivity index (χ1) is 0. The maximum atomic E-state index is 0. The first-order valence-corrected chi connectivity index (χ1v) is 0. The van der Waals surface area contributed by atoms with Gasteiger partial charge in [-0.05, 0) is 0 Å². The quantitative estimate of drug-likeness (QED) is 0.299. The molecule has 26 valence electrons. The van der Waals surface area contributed by atoms with Crippen LogP contribution in [-0.2, 0) is 17.1 Å². The van der Waals surface area contributed by atoms with E-state index >= 15 is 0 Å². The van der Waals surface area contributed by atoms with Crippen LogP contribution < -0.4 is 99.3 Å². The Labute approximate surface area is 113 Å². The summed E-state index contributed by atoms with van der Waals surface area (Å²) in [5, 5.41) is 0. The first-order valence-electron chi connectivity index (χ1n) is 0. The van der Waals surface area contributed by atoms with Crippen LogP contribution in [0.2, 0.25) is 0 Å². The molecule has 0 aromatic heterocycles. The Morgan fingerprint density at radius 1 is 0.750 bits per heavy atom. The van der Waals surface area contributed by atoms with Crippen LogP contribution in [-0.4, -0.2) is 0 Å². The Bertz CT molecular complexity index is 6.00. The minimum Gasteiger partial charge on any atom is -1.00 e. The van der Waals surface area contributed by atoms with Crippen molar-refractivity contribution < 1.29 is 116 Å². The van der Waals surface area contributed by atoms with Crippen molar-refractivity contribution in [2.24, 2.45) is 0 Å². The predicted octanol–water partition coefficient (Wildman–Crippen LogP) is -8.99. The van der Waals surface area contributed by atoms with Crippen LogP contribution in [0.3, 0.4) is 0 Å². The molecule has 0 aliphatic rings. The van der Waals surface area contributed by atoms with Crippen LogP contribution in [0.25, 0.3) is 0 Å². The topological polar surface area (TPSA) is 0 Å². The van der Waals surface area contributed by atoms with Crippen molar-refractivity contribution in [3.05, 3.63) is 0 Å². The Balaban J connectivity index is 0. The van der Waals surface area contributed by atoms with Gasteiger partial charge in [-0.15, -0.1) is 0 Å². The average molecular weight is 356 g/mol. The molecule has 0 aliphatic heterocycles. The van der Waals surface area contributed by atoms with Gasteiger partial charge in [0.2, 0.25) is 0 Å². The smallest absolute Gasteiger partial charge is 1.00 e. The van der Waals surface area contributed by atoms with Crippen molar-refractivity contribution in [3.8, 4) is 0 Å².